The lowest BCUT2D eigenvalue weighted by Crippen LogP contribution is -2.37. The van der Waals surface area contributed by atoms with Crippen LogP contribution in [0.1, 0.15) is 73.3 Å². The maximum absolute atomic E-state index is 12.9. The van der Waals surface area contributed by atoms with E-state index in [0.717, 1.165) is 0 Å². The molecular formula is C21H35N2O8P. The van der Waals surface area contributed by atoms with Gasteiger partial charge in [-0.25, -0.2) is 4.79 Å². The molecule has 1 saturated carbocycles. The van der Waals surface area contributed by atoms with E-state index in [0.29, 0.717) is 12.8 Å². The molecule has 5 atom stereocenters. The van der Waals surface area contributed by atoms with Gasteiger partial charge < -0.3 is 24.0 Å². The molecule has 0 amide bonds. The summed E-state index contributed by atoms with van der Waals surface area (Å²) in [5.74, 6) is -1.02. The van der Waals surface area contributed by atoms with Crippen LogP contribution in [0.4, 0.5) is 0 Å². The molecule has 2 aliphatic rings. The smallest absolute Gasteiger partial charge is 0.359 e. The van der Waals surface area contributed by atoms with Crippen molar-refractivity contribution in [1.82, 2.24) is 9.55 Å². The van der Waals surface area contributed by atoms with Crippen LogP contribution >= 0.6 is 7.60 Å². The maximum atomic E-state index is 12.9. The molecule has 0 aromatic carbocycles. The summed E-state index contributed by atoms with van der Waals surface area (Å²) in [6, 6.07) is 0.909. The van der Waals surface area contributed by atoms with E-state index in [2.05, 4.69) is 4.98 Å². The molecule has 1 unspecified atom stereocenters. The molecule has 1 aromatic heterocycles. The number of rotatable bonds is 8. The van der Waals surface area contributed by atoms with Crippen LogP contribution < -0.4 is 11.2 Å². The van der Waals surface area contributed by atoms with E-state index < -0.39 is 41.7 Å². The maximum Gasteiger partial charge on any atom is 0.359 e. The number of hydrogen-bond donors (Lipinski definition) is 3. The zero-order valence-corrected chi connectivity index (χ0v) is 20.4. The summed E-state index contributed by atoms with van der Waals surface area (Å²) >= 11 is 0. The molecular weight excluding hydrogens is 439 g/mol. The number of nitrogens with zero attached hydrogens (tertiary/aromatic N) is 1. The van der Waals surface area contributed by atoms with E-state index in [1.54, 1.807) is 41.5 Å². The van der Waals surface area contributed by atoms with E-state index in [-0.39, 0.29) is 30.9 Å². The van der Waals surface area contributed by atoms with Gasteiger partial charge in [0.25, 0.3) is 5.56 Å². The zero-order chi connectivity index (χ0) is 24.1. The second kappa shape index (κ2) is 8.49. The molecule has 1 saturated heterocycles. The van der Waals surface area contributed by atoms with Gasteiger partial charge in [0, 0.05) is 12.3 Å². The van der Waals surface area contributed by atoms with Gasteiger partial charge in [0.1, 0.15) is 6.10 Å². The van der Waals surface area contributed by atoms with E-state index in [9.17, 15) is 24.2 Å². The minimum absolute atomic E-state index is 0.0871. The summed E-state index contributed by atoms with van der Waals surface area (Å²) in [5.41, 5.74) is -2.06. The van der Waals surface area contributed by atoms with Gasteiger partial charge in [0.2, 0.25) is 0 Å². The van der Waals surface area contributed by atoms with E-state index in [4.69, 9.17) is 14.0 Å². The summed E-state index contributed by atoms with van der Waals surface area (Å²) in [6.07, 6.45) is 1.66. The van der Waals surface area contributed by atoms with Gasteiger partial charge in [-0.3, -0.25) is 18.9 Å². The normalized spacial score (nSPS) is 29.6. The lowest BCUT2D eigenvalue weighted by Gasteiger charge is -2.37. The third-order valence-electron chi connectivity index (χ3n) is 6.54. The second-order valence-corrected chi connectivity index (χ2v) is 12.0. The van der Waals surface area contributed by atoms with Crippen LogP contribution in [0, 0.1) is 5.92 Å². The second-order valence-electron chi connectivity index (χ2n) is 9.91. The number of hydrogen-bond acceptors (Lipinski definition) is 7. The van der Waals surface area contributed by atoms with Gasteiger partial charge in [-0.15, -0.1) is 0 Å². The number of ether oxygens (including phenoxy) is 2. The van der Waals surface area contributed by atoms with Crippen molar-refractivity contribution >= 4 is 7.60 Å². The van der Waals surface area contributed by atoms with Crippen molar-refractivity contribution in [3.63, 3.8) is 0 Å². The summed E-state index contributed by atoms with van der Waals surface area (Å²) in [6.45, 7) is 10.3. The Bertz CT molecular complexity index is 996. The molecule has 11 heteroatoms. The number of aliphatic hydroxyl groups is 1. The average molecular weight is 474 g/mol. The van der Waals surface area contributed by atoms with Gasteiger partial charge in [0.15, 0.2) is 11.1 Å². The van der Waals surface area contributed by atoms with Crippen molar-refractivity contribution in [2.45, 2.75) is 102 Å². The summed E-state index contributed by atoms with van der Waals surface area (Å²) in [4.78, 5) is 36.7. The Balaban J connectivity index is 1.86. The molecule has 182 valence electrons. The number of nitrogens with one attached hydrogen (secondary N) is 1. The fraction of sp³-hybridized carbons (Fsp3) is 0.810. The number of aromatic nitrogens is 2. The molecule has 0 bridgehead atoms. The van der Waals surface area contributed by atoms with Crippen molar-refractivity contribution in [3.8, 4) is 0 Å². The molecule has 2 fully saturated rings. The summed E-state index contributed by atoms with van der Waals surface area (Å²) in [5, 5.41) is 8.78. The zero-order valence-electron chi connectivity index (χ0n) is 19.5. The number of aromatic amines is 1. The molecule has 1 aliphatic carbocycles. The average Bonchev–Trinajstić information content (AvgIpc) is 3.13. The van der Waals surface area contributed by atoms with Crippen LogP contribution in [-0.4, -0.2) is 48.5 Å². The molecule has 3 rings (SSSR count). The third kappa shape index (κ3) is 4.81. The highest BCUT2D eigenvalue weighted by Crippen LogP contribution is 2.60. The first-order chi connectivity index (χ1) is 14.6. The standard InChI is InChI=1S/C21H35N2O8P/c1-7-21(26,8-2)32(27,28)31-19(3,4)12-13-11-14(17-16(13)29-20(5,6)30-17)23-10-9-15(24)22-18(23)25/h9-10,13-14,16-17,26H,7-8,11-12H2,1-6H3,(H,27,28)(H,22,24,25)/t13-,14-,16-,17+/m1/s1. The highest BCUT2D eigenvalue weighted by atomic mass is 31.2. The van der Waals surface area contributed by atoms with E-state index >= 15 is 0 Å². The Hall–Kier alpha value is -1.29. The van der Waals surface area contributed by atoms with E-state index in [1.165, 1.54) is 16.8 Å². The highest BCUT2D eigenvalue weighted by molar-refractivity contribution is 7.54. The van der Waals surface area contributed by atoms with Crippen molar-refractivity contribution in [2.24, 2.45) is 5.92 Å². The van der Waals surface area contributed by atoms with Crippen LogP contribution in [0.2, 0.25) is 0 Å². The van der Waals surface area contributed by atoms with Crippen LogP contribution in [0.3, 0.4) is 0 Å². The molecule has 0 radical (unpaired) electrons. The van der Waals surface area contributed by atoms with Crippen molar-refractivity contribution in [1.29, 1.82) is 0 Å². The van der Waals surface area contributed by atoms with Crippen LogP contribution in [-0.2, 0) is 18.6 Å². The minimum Gasteiger partial charge on any atom is -0.377 e. The minimum atomic E-state index is -4.34. The van der Waals surface area contributed by atoms with Crippen molar-refractivity contribution < 1.29 is 28.6 Å². The fourth-order valence-electron chi connectivity index (χ4n) is 4.96. The van der Waals surface area contributed by atoms with Crippen LogP contribution in [0.5, 0.6) is 0 Å². The van der Waals surface area contributed by atoms with Gasteiger partial charge in [0.05, 0.1) is 17.7 Å². The molecule has 1 aromatic rings. The molecule has 0 spiro atoms. The van der Waals surface area contributed by atoms with Crippen LogP contribution in [0.15, 0.2) is 21.9 Å². The van der Waals surface area contributed by atoms with Gasteiger partial charge in [-0.05, 0) is 59.3 Å². The Morgan fingerprint density at radius 3 is 2.41 bits per heavy atom. The van der Waals surface area contributed by atoms with Crippen molar-refractivity contribution in [3.05, 3.63) is 33.1 Å². The third-order valence-corrected chi connectivity index (χ3v) is 8.97. The predicted octanol–water partition coefficient (Wildman–Crippen LogP) is 2.50. The van der Waals surface area contributed by atoms with Gasteiger partial charge >= 0.3 is 13.3 Å². The predicted molar refractivity (Wildman–Crippen MR) is 117 cm³/mol. The Morgan fingerprint density at radius 2 is 1.84 bits per heavy atom. The first-order valence-electron chi connectivity index (χ1n) is 11.1. The fourth-order valence-corrected chi connectivity index (χ4v) is 6.67. The molecule has 10 nitrogen and oxygen atoms in total. The monoisotopic (exact) mass is 474 g/mol. The van der Waals surface area contributed by atoms with Gasteiger partial charge in [-0.2, -0.15) is 0 Å². The lowest BCUT2D eigenvalue weighted by molar-refractivity contribution is -0.162. The topological polar surface area (TPSA) is 140 Å². The number of fused-ring (bicyclic) bond motifs is 1. The molecule has 2 heterocycles. The lowest BCUT2D eigenvalue weighted by atomic mass is 9.90. The SMILES string of the molecule is CCC(O)(CC)P(=O)(O)OC(C)(C)C[C@H]1C[C@@H](n2ccc(=O)[nH]c2=O)[C@@H]2OC(C)(C)O[C@H]12. The highest BCUT2D eigenvalue weighted by Gasteiger charge is 2.56. The largest absolute Gasteiger partial charge is 0.377 e. The first-order valence-corrected chi connectivity index (χ1v) is 12.6. The van der Waals surface area contributed by atoms with Gasteiger partial charge in [-0.1, -0.05) is 13.8 Å². The molecule has 32 heavy (non-hydrogen) atoms. The molecule has 1 aliphatic heterocycles. The number of H-pyrrole nitrogens is 1. The summed E-state index contributed by atoms with van der Waals surface area (Å²) < 4.78 is 32.3. The van der Waals surface area contributed by atoms with Crippen LogP contribution in [0.25, 0.3) is 0 Å². The quantitative estimate of drug-likeness (QED) is 0.488. The Labute approximate surface area is 187 Å². The Kier molecular flexibility index (Phi) is 6.72. The molecule has 3 N–H and O–H groups in total. The Morgan fingerprint density at radius 1 is 1.25 bits per heavy atom. The van der Waals surface area contributed by atoms with Crippen molar-refractivity contribution in [2.75, 3.05) is 0 Å². The van der Waals surface area contributed by atoms with E-state index in [1.807, 2.05) is 0 Å². The first kappa shape index (κ1) is 25.3. The summed E-state index contributed by atoms with van der Waals surface area (Å²) in [7, 11) is -4.34.